The van der Waals surface area contributed by atoms with Gasteiger partial charge in [-0.15, -0.1) is 0 Å². The Kier molecular flexibility index (Phi) is 3.61. The first kappa shape index (κ1) is 12.8. The van der Waals surface area contributed by atoms with Crippen LogP contribution in [0.3, 0.4) is 0 Å². The van der Waals surface area contributed by atoms with Crippen LogP contribution in [0.4, 0.5) is 0 Å². The van der Waals surface area contributed by atoms with E-state index in [4.69, 9.17) is 10.2 Å². The standard InChI is InChI=1S/C15H12O4/c16-14(17)11-6-7-13(15(18)19)12(9-11)8-10-4-2-1-3-5-10/h1-7,9H,8H2,(H,16,17)(H,18,19). The molecule has 2 N–H and O–H groups in total. The summed E-state index contributed by atoms with van der Waals surface area (Å²) in [5.74, 6) is -2.12. The summed E-state index contributed by atoms with van der Waals surface area (Å²) in [7, 11) is 0. The molecule has 19 heavy (non-hydrogen) atoms. The van der Waals surface area contributed by atoms with E-state index in [2.05, 4.69) is 0 Å². The van der Waals surface area contributed by atoms with Crippen molar-refractivity contribution in [2.24, 2.45) is 0 Å². The fourth-order valence-corrected chi connectivity index (χ4v) is 1.90. The van der Waals surface area contributed by atoms with Crippen LogP contribution in [0.5, 0.6) is 0 Å². The number of carboxylic acid groups (broad SMARTS) is 2. The third-order valence-electron chi connectivity index (χ3n) is 2.82. The van der Waals surface area contributed by atoms with Crippen LogP contribution in [0.1, 0.15) is 31.8 Å². The summed E-state index contributed by atoms with van der Waals surface area (Å²) in [6.07, 6.45) is 0.392. The first-order valence-electron chi connectivity index (χ1n) is 5.71. The molecule has 0 spiro atoms. The lowest BCUT2D eigenvalue weighted by Crippen LogP contribution is -2.06. The molecule has 0 radical (unpaired) electrons. The number of hydrogen-bond acceptors (Lipinski definition) is 2. The third kappa shape index (κ3) is 2.98. The van der Waals surface area contributed by atoms with Gasteiger partial charge in [-0.3, -0.25) is 0 Å². The van der Waals surface area contributed by atoms with Gasteiger partial charge in [0.1, 0.15) is 0 Å². The van der Waals surface area contributed by atoms with Crippen molar-refractivity contribution in [2.75, 3.05) is 0 Å². The number of hydrogen-bond donors (Lipinski definition) is 2. The van der Waals surface area contributed by atoms with Crippen molar-refractivity contribution in [3.63, 3.8) is 0 Å². The summed E-state index contributed by atoms with van der Waals surface area (Å²) in [5, 5.41) is 18.1. The van der Waals surface area contributed by atoms with Crippen molar-refractivity contribution in [3.05, 3.63) is 70.8 Å². The van der Waals surface area contributed by atoms with E-state index in [0.717, 1.165) is 5.56 Å². The van der Waals surface area contributed by atoms with E-state index < -0.39 is 11.9 Å². The Morgan fingerprint density at radius 1 is 0.895 bits per heavy atom. The molecule has 0 saturated heterocycles. The monoisotopic (exact) mass is 256 g/mol. The first-order chi connectivity index (χ1) is 9.08. The molecule has 0 aliphatic rings. The van der Waals surface area contributed by atoms with E-state index in [1.54, 1.807) is 0 Å². The Labute approximate surface area is 109 Å². The van der Waals surface area contributed by atoms with Crippen LogP contribution in [0.15, 0.2) is 48.5 Å². The molecule has 0 atom stereocenters. The highest BCUT2D eigenvalue weighted by molar-refractivity contribution is 5.93. The van der Waals surface area contributed by atoms with E-state index in [9.17, 15) is 9.59 Å². The molecule has 0 saturated carbocycles. The Hall–Kier alpha value is -2.62. The lowest BCUT2D eigenvalue weighted by atomic mass is 9.97. The molecule has 2 rings (SSSR count). The van der Waals surface area contributed by atoms with Gasteiger partial charge in [-0.05, 0) is 35.7 Å². The number of aromatic carboxylic acids is 2. The molecule has 0 fully saturated rings. The van der Waals surface area contributed by atoms with E-state index >= 15 is 0 Å². The second kappa shape index (κ2) is 5.35. The lowest BCUT2D eigenvalue weighted by molar-refractivity contribution is 0.0680. The molecule has 96 valence electrons. The Morgan fingerprint density at radius 2 is 1.58 bits per heavy atom. The summed E-state index contributed by atoms with van der Waals surface area (Å²) >= 11 is 0. The van der Waals surface area contributed by atoms with Gasteiger partial charge in [0, 0.05) is 0 Å². The zero-order valence-corrected chi connectivity index (χ0v) is 10.0. The maximum atomic E-state index is 11.1. The number of carbonyl (C=O) groups is 2. The average Bonchev–Trinajstić information content (AvgIpc) is 2.39. The molecule has 2 aromatic rings. The predicted octanol–water partition coefficient (Wildman–Crippen LogP) is 2.67. The summed E-state index contributed by atoms with van der Waals surface area (Å²) in [6, 6.07) is 13.4. The minimum Gasteiger partial charge on any atom is -0.478 e. The number of benzene rings is 2. The molecular weight excluding hydrogens is 244 g/mol. The van der Waals surface area contributed by atoms with E-state index in [0.29, 0.717) is 12.0 Å². The minimum atomic E-state index is -1.06. The summed E-state index contributed by atoms with van der Waals surface area (Å²) < 4.78 is 0. The number of carboxylic acids is 2. The van der Waals surface area contributed by atoms with Crippen LogP contribution >= 0.6 is 0 Å². The normalized spacial score (nSPS) is 10.1. The maximum absolute atomic E-state index is 11.1. The van der Waals surface area contributed by atoms with Crippen molar-refractivity contribution in [1.82, 2.24) is 0 Å². The molecule has 0 unspecified atom stereocenters. The highest BCUT2D eigenvalue weighted by atomic mass is 16.4. The molecule has 0 aliphatic carbocycles. The van der Waals surface area contributed by atoms with Crippen molar-refractivity contribution < 1.29 is 19.8 Å². The predicted molar refractivity (Wildman–Crippen MR) is 69.6 cm³/mol. The van der Waals surface area contributed by atoms with Crippen molar-refractivity contribution >= 4 is 11.9 Å². The molecular formula is C15H12O4. The highest BCUT2D eigenvalue weighted by Crippen LogP contribution is 2.17. The van der Waals surface area contributed by atoms with E-state index in [1.165, 1.54) is 18.2 Å². The topological polar surface area (TPSA) is 74.6 Å². The van der Waals surface area contributed by atoms with Gasteiger partial charge in [0.05, 0.1) is 11.1 Å². The van der Waals surface area contributed by atoms with Gasteiger partial charge in [-0.2, -0.15) is 0 Å². The first-order valence-corrected chi connectivity index (χ1v) is 5.71. The lowest BCUT2D eigenvalue weighted by Gasteiger charge is -2.07. The highest BCUT2D eigenvalue weighted by Gasteiger charge is 2.13. The van der Waals surface area contributed by atoms with Crippen LogP contribution in [-0.2, 0) is 6.42 Å². The summed E-state index contributed by atoms with van der Waals surface area (Å²) in [5.41, 5.74) is 1.66. The molecule has 4 heteroatoms. The van der Waals surface area contributed by atoms with Crippen LogP contribution < -0.4 is 0 Å². The van der Waals surface area contributed by atoms with Gasteiger partial charge in [0.15, 0.2) is 0 Å². The smallest absolute Gasteiger partial charge is 0.335 e. The number of rotatable bonds is 4. The summed E-state index contributed by atoms with van der Waals surface area (Å²) in [4.78, 5) is 22.1. The fraction of sp³-hybridized carbons (Fsp3) is 0.0667. The van der Waals surface area contributed by atoms with Gasteiger partial charge >= 0.3 is 11.9 Å². The Bertz CT molecular complexity index is 617. The average molecular weight is 256 g/mol. The van der Waals surface area contributed by atoms with Crippen LogP contribution in [0.2, 0.25) is 0 Å². The molecule has 0 heterocycles. The van der Waals surface area contributed by atoms with Crippen molar-refractivity contribution in [1.29, 1.82) is 0 Å². The zero-order valence-electron chi connectivity index (χ0n) is 10.0. The molecule has 0 amide bonds. The van der Waals surface area contributed by atoms with Crippen molar-refractivity contribution in [3.8, 4) is 0 Å². The second-order valence-corrected chi connectivity index (χ2v) is 4.14. The van der Waals surface area contributed by atoms with Crippen LogP contribution in [0.25, 0.3) is 0 Å². The quantitative estimate of drug-likeness (QED) is 0.881. The van der Waals surface area contributed by atoms with Gasteiger partial charge in [0.2, 0.25) is 0 Å². The van der Waals surface area contributed by atoms with Crippen LogP contribution in [0, 0.1) is 0 Å². The van der Waals surface area contributed by atoms with Crippen LogP contribution in [-0.4, -0.2) is 22.2 Å². The third-order valence-corrected chi connectivity index (χ3v) is 2.82. The molecule has 0 aliphatic heterocycles. The van der Waals surface area contributed by atoms with E-state index in [1.807, 2.05) is 30.3 Å². The van der Waals surface area contributed by atoms with Gasteiger partial charge in [0.25, 0.3) is 0 Å². The summed E-state index contributed by atoms with van der Waals surface area (Å²) in [6.45, 7) is 0. The Balaban J connectivity index is 2.43. The fourth-order valence-electron chi connectivity index (χ4n) is 1.90. The second-order valence-electron chi connectivity index (χ2n) is 4.14. The van der Waals surface area contributed by atoms with E-state index in [-0.39, 0.29) is 11.1 Å². The van der Waals surface area contributed by atoms with Gasteiger partial charge in [-0.1, -0.05) is 30.3 Å². The molecule has 0 aromatic heterocycles. The SMILES string of the molecule is O=C(O)c1ccc(C(=O)O)c(Cc2ccccc2)c1. The zero-order chi connectivity index (χ0) is 13.8. The van der Waals surface area contributed by atoms with Gasteiger partial charge < -0.3 is 10.2 Å². The molecule has 2 aromatic carbocycles. The Morgan fingerprint density at radius 3 is 2.16 bits per heavy atom. The molecule has 0 bridgehead atoms. The largest absolute Gasteiger partial charge is 0.478 e. The maximum Gasteiger partial charge on any atom is 0.335 e. The minimum absolute atomic E-state index is 0.0935. The molecule has 4 nitrogen and oxygen atoms in total. The van der Waals surface area contributed by atoms with Crippen molar-refractivity contribution in [2.45, 2.75) is 6.42 Å². The van der Waals surface area contributed by atoms with Gasteiger partial charge in [-0.25, -0.2) is 9.59 Å².